The Kier molecular flexibility index (Phi) is 6.25. The number of nitrogens with zero attached hydrogens (tertiary/aromatic N) is 3. The Hall–Kier alpha value is -1.24. The lowest BCUT2D eigenvalue weighted by Crippen LogP contribution is -2.37. The van der Waals surface area contributed by atoms with E-state index in [1.807, 2.05) is 17.7 Å². The van der Waals surface area contributed by atoms with Crippen molar-refractivity contribution in [3.05, 3.63) is 28.2 Å². The Morgan fingerprint density at radius 3 is 2.72 bits per heavy atom. The molecule has 8 heteroatoms. The summed E-state index contributed by atoms with van der Waals surface area (Å²) in [4.78, 5) is 12.1. The average Bonchev–Trinajstić information content (AvgIpc) is 2.97. The highest BCUT2D eigenvalue weighted by Crippen LogP contribution is 2.29. The summed E-state index contributed by atoms with van der Waals surface area (Å²) in [5, 5.41) is 13.2. The molecule has 1 saturated carbocycles. The summed E-state index contributed by atoms with van der Waals surface area (Å²) in [5.74, 6) is 1.08. The van der Waals surface area contributed by atoms with Gasteiger partial charge in [0.15, 0.2) is 11.0 Å². The molecular formula is C17H20Cl2N4OS. The van der Waals surface area contributed by atoms with E-state index < -0.39 is 0 Å². The predicted octanol–water partition coefficient (Wildman–Crippen LogP) is 4.33. The topological polar surface area (TPSA) is 59.8 Å². The molecule has 1 N–H and O–H groups in total. The number of carbonyl (C=O) groups is 1. The Morgan fingerprint density at radius 1 is 1.24 bits per heavy atom. The summed E-state index contributed by atoms with van der Waals surface area (Å²) in [6.07, 6.45) is 5.85. The van der Waals surface area contributed by atoms with Crippen molar-refractivity contribution in [3.63, 3.8) is 0 Å². The van der Waals surface area contributed by atoms with E-state index in [1.165, 1.54) is 31.0 Å². The quantitative estimate of drug-likeness (QED) is 0.761. The third kappa shape index (κ3) is 4.68. The summed E-state index contributed by atoms with van der Waals surface area (Å²) >= 11 is 13.4. The fourth-order valence-corrected chi connectivity index (χ4v) is 3.99. The SMILES string of the molecule is Cn1c(SCC(=O)NC2CCCCC2)nnc1-c1ccc(Cl)c(Cl)c1. The van der Waals surface area contributed by atoms with Crippen molar-refractivity contribution >= 4 is 40.9 Å². The zero-order valence-corrected chi connectivity index (χ0v) is 16.3. The molecule has 2 aromatic rings. The highest BCUT2D eigenvalue weighted by Gasteiger charge is 2.17. The van der Waals surface area contributed by atoms with Crippen molar-refractivity contribution in [2.75, 3.05) is 5.75 Å². The highest BCUT2D eigenvalue weighted by molar-refractivity contribution is 7.99. The Bertz CT molecular complexity index is 759. The van der Waals surface area contributed by atoms with Crippen molar-refractivity contribution < 1.29 is 4.79 Å². The van der Waals surface area contributed by atoms with Crippen LogP contribution in [0.4, 0.5) is 0 Å². The average molecular weight is 399 g/mol. The first-order valence-electron chi connectivity index (χ1n) is 8.31. The van der Waals surface area contributed by atoms with Gasteiger partial charge in [-0.2, -0.15) is 0 Å². The largest absolute Gasteiger partial charge is 0.353 e. The zero-order valence-electron chi connectivity index (χ0n) is 14.0. The van der Waals surface area contributed by atoms with Crippen LogP contribution in [0.3, 0.4) is 0 Å². The van der Waals surface area contributed by atoms with E-state index in [2.05, 4.69) is 15.5 Å². The number of rotatable bonds is 5. The molecule has 0 atom stereocenters. The number of benzene rings is 1. The molecule has 3 rings (SSSR count). The van der Waals surface area contributed by atoms with Crippen molar-refractivity contribution in [3.8, 4) is 11.4 Å². The summed E-state index contributed by atoms with van der Waals surface area (Å²) in [7, 11) is 1.87. The third-order valence-electron chi connectivity index (χ3n) is 4.32. The minimum Gasteiger partial charge on any atom is -0.353 e. The lowest BCUT2D eigenvalue weighted by molar-refractivity contribution is -0.119. The number of hydrogen-bond donors (Lipinski definition) is 1. The standard InChI is InChI=1S/C17H20Cl2N4OS/c1-23-16(11-7-8-13(18)14(19)9-11)21-22-17(23)25-10-15(24)20-12-5-3-2-4-6-12/h7-9,12H,2-6,10H2,1H3,(H,20,24). The second-order valence-corrected chi connectivity index (χ2v) is 7.94. The lowest BCUT2D eigenvalue weighted by atomic mass is 9.95. The minimum absolute atomic E-state index is 0.0518. The monoisotopic (exact) mass is 398 g/mol. The molecule has 1 aromatic carbocycles. The molecule has 0 radical (unpaired) electrons. The lowest BCUT2D eigenvalue weighted by Gasteiger charge is -2.22. The molecule has 1 heterocycles. The van der Waals surface area contributed by atoms with Gasteiger partial charge < -0.3 is 9.88 Å². The van der Waals surface area contributed by atoms with E-state index in [1.54, 1.807) is 12.1 Å². The van der Waals surface area contributed by atoms with Crippen molar-refractivity contribution in [2.45, 2.75) is 43.3 Å². The molecule has 1 aliphatic rings. The van der Waals surface area contributed by atoms with Gasteiger partial charge in [0.25, 0.3) is 0 Å². The minimum atomic E-state index is 0.0518. The van der Waals surface area contributed by atoms with Crippen LogP contribution in [-0.4, -0.2) is 32.5 Å². The van der Waals surface area contributed by atoms with Gasteiger partial charge >= 0.3 is 0 Å². The first kappa shape index (κ1) is 18.5. The first-order valence-corrected chi connectivity index (χ1v) is 10.1. The number of nitrogens with one attached hydrogen (secondary N) is 1. The van der Waals surface area contributed by atoms with Gasteiger partial charge in [-0.15, -0.1) is 10.2 Å². The van der Waals surface area contributed by atoms with Gasteiger partial charge in [0, 0.05) is 18.7 Å². The van der Waals surface area contributed by atoms with E-state index in [9.17, 15) is 4.79 Å². The van der Waals surface area contributed by atoms with Gasteiger partial charge in [-0.05, 0) is 31.0 Å². The molecule has 0 bridgehead atoms. The molecule has 1 fully saturated rings. The maximum Gasteiger partial charge on any atom is 0.230 e. The highest BCUT2D eigenvalue weighted by atomic mass is 35.5. The normalized spacial score (nSPS) is 15.3. The number of aromatic nitrogens is 3. The van der Waals surface area contributed by atoms with Crippen LogP contribution in [-0.2, 0) is 11.8 Å². The number of carbonyl (C=O) groups excluding carboxylic acids is 1. The fraction of sp³-hybridized carbons (Fsp3) is 0.471. The predicted molar refractivity (Wildman–Crippen MR) is 102 cm³/mol. The first-order chi connectivity index (χ1) is 12.0. The van der Waals surface area contributed by atoms with Crippen LogP contribution >= 0.6 is 35.0 Å². The zero-order chi connectivity index (χ0) is 17.8. The Morgan fingerprint density at radius 2 is 2.00 bits per heavy atom. The molecule has 134 valence electrons. The Labute approximate surface area is 161 Å². The van der Waals surface area contributed by atoms with Crippen LogP contribution in [0, 0.1) is 0 Å². The van der Waals surface area contributed by atoms with E-state index in [0.29, 0.717) is 32.8 Å². The number of amides is 1. The van der Waals surface area contributed by atoms with Gasteiger partial charge in [0.1, 0.15) is 0 Å². The Balaban J connectivity index is 1.61. The fourth-order valence-electron chi connectivity index (χ4n) is 2.97. The molecule has 1 aromatic heterocycles. The molecule has 0 spiro atoms. The van der Waals surface area contributed by atoms with Crippen LogP contribution in [0.15, 0.2) is 23.4 Å². The van der Waals surface area contributed by atoms with Gasteiger partial charge in [-0.3, -0.25) is 4.79 Å². The van der Waals surface area contributed by atoms with E-state index in [-0.39, 0.29) is 5.91 Å². The van der Waals surface area contributed by atoms with Gasteiger partial charge in [-0.25, -0.2) is 0 Å². The summed E-state index contributed by atoms with van der Waals surface area (Å²) in [6.45, 7) is 0. The van der Waals surface area contributed by atoms with Gasteiger partial charge in [0.05, 0.1) is 15.8 Å². The summed E-state index contributed by atoms with van der Waals surface area (Å²) < 4.78 is 1.86. The van der Waals surface area contributed by atoms with Crippen LogP contribution in [0.5, 0.6) is 0 Å². The second kappa shape index (κ2) is 8.43. The van der Waals surface area contributed by atoms with Crippen LogP contribution in [0.1, 0.15) is 32.1 Å². The number of hydrogen-bond acceptors (Lipinski definition) is 4. The number of thioether (sulfide) groups is 1. The molecule has 1 amide bonds. The van der Waals surface area contributed by atoms with Gasteiger partial charge in [0.2, 0.25) is 5.91 Å². The second-order valence-electron chi connectivity index (χ2n) is 6.19. The van der Waals surface area contributed by atoms with Crippen molar-refractivity contribution in [1.29, 1.82) is 0 Å². The van der Waals surface area contributed by atoms with Crippen LogP contribution in [0.2, 0.25) is 10.0 Å². The molecule has 0 saturated heterocycles. The van der Waals surface area contributed by atoms with E-state index in [4.69, 9.17) is 23.2 Å². The maximum absolute atomic E-state index is 12.1. The van der Waals surface area contributed by atoms with Crippen molar-refractivity contribution in [1.82, 2.24) is 20.1 Å². The third-order valence-corrected chi connectivity index (χ3v) is 6.07. The molecule has 1 aliphatic carbocycles. The molecule has 25 heavy (non-hydrogen) atoms. The molecular weight excluding hydrogens is 379 g/mol. The van der Waals surface area contributed by atoms with E-state index in [0.717, 1.165) is 18.4 Å². The van der Waals surface area contributed by atoms with E-state index >= 15 is 0 Å². The molecule has 0 aliphatic heterocycles. The van der Waals surface area contributed by atoms with Crippen molar-refractivity contribution in [2.24, 2.45) is 7.05 Å². The molecule has 5 nitrogen and oxygen atoms in total. The van der Waals surface area contributed by atoms with Crippen LogP contribution < -0.4 is 5.32 Å². The van der Waals surface area contributed by atoms with Gasteiger partial charge in [-0.1, -0.05) is 54.2 Å². The molecule has 0 unspecified atom stereocenters. The smallest absolute Gasteiger partial charge is 0.230 e. The summed E-state index contributed by atoms with van der Waals surface area (Å²) in [5.41, 5.74) is 0.836. The summed E-state index contributed by atoms with van der Waals surface area (Å²) in [6, 6.07) is 5.67. The van der Waals surface area contributed by atoms with Crippen LogP contribution in [0.25, 0.3) is 11.4 Å². The maximum atomic E-state index is 12.1. The number of halogens is 2.